The Hall–Kier alpha value is -1.89. The summed E-state index contributed by atoms with van der Waals surface area (Å²) in [7, 11) is -3.24. The first-order valence-corrected chi connectivity index (χ1v) is 12.4. The van der Waals surface area contributed by atoms with Gasteiger partial charge in [-0.3, -0.25) is 4.57 Å². The van der Waals surface area contributed by atoms with Gasteiger partial charge in [0, 0.05) is 10.6 Å². The Labute approximate surface area is 174 Å². The summed E-state index contributed by atoms with van der Waals surface area (Å²) in [5.41, 5.74) is 0. The molecule has 0 spiro atoms. The molecule has 29 heavy (non-hydrogen) atoms. The highest BCUT2D eigenvalue weighted by Gasteiger charge is 2.39. The van der Waals surface area contributed by atoms with E-state index in [0.717, 1.165) is 34.2 Å². The van der Waals surface area contributed by atoms with Gasteiger partial charge in [-0.05, 0) is 59.6 Å². The van der Waals surface area contributed by atoms with Crippen LogP contribution in [0.25, 0.3) is 10.8 Å². The zero-order valence-electron chi connectivity index (χ0n) is 17.6. The maximum Gasteiger partial charge on any atom is 0.262 e. The molecule has 1 aliphatic carbocycles. The van der Waals surface area contributed by atoms with Crippen molar-refractivity contribution in [3.8, 4) is 0 Å². The molecule has 0 N–H and O–H groups in total. The smallest absolute Gasteiger partial charge is 0.262 e. The van der Waals surface area contributed by atoms with E-state index in [9.17, 15) is 4.57 Å². The highest BCUT2D eigenvalue weighted by atomic mass is 31.2. The molecule has 0 aromatic heterocycles. The van der Waals surface area contributed by atoms with E-state index in [1.807, 2.05) is 54.6 Å². The molecule has 3 aromatic carbocycles. The maximum atomic E-state index is 14.8. The van der Waals surface area contributed by atoms with Crippen LogP contribution in [0.3, 0.4) is 0 Å². The zero-order chi connectivity index (χ0) is 20.4. The Bertz CT molecular complexity index is 1010. The second-order valence-corrected chi connectivity index (χ2v) is 11.2. The van der Waals surface area contributed by atoms with Gasteiger partial charge in [0.25, 0.3) is 7.37 Å². The summed E-state index contributed by atoms with van der Waals surface area (Å²) in [6.07, 6.45) is 3.37. The van der Waals surface area contributed by atoms with Crippen molar-refractivity contribution in [2.75, 3.05) is 0 Å². The molecule has 3 aromatic rings. The molecular weight excluding hydrogens is 375 g/mol. The van der Waals surface area contributed by atoms with Gasteiger partial charge in [0.05, 0.1) is 6.10 Å². The minimum Gasteiger partial charge on any atom is -0.318 e. The van der Waals surface area contributed by atoms with Gasteiger partial charge in [-0.15, -0.1) is 0 Å². The molecule has 0 amide bonds. The van der Waals surface area contributed by atoms with Crippen LogP contribution in [0.4, 0.5) is 0 Å². The summed E-state index contributed by atoms with van der Waals surface area (Å²) in [6, 6.07) is 24.1. The Morgan fingerprint density at radius 2 is 1.59 bits per heavy atom. The minimum absolute atomic E-state index is 0.0174. The van der Waals surface area contributed by atoms with Crippen LogP contribution in [0.15, 0.2) is 72.8 Å². The topological polar surface area (TPSA) is 26.3 Å². The van der Waals surface area contributed by atoms with Gasteiger partial charge >= 0.3 is 0 Å². The molecule has 1 saturated carbocycles. The van der Waals surface area contributed by atoms with E-state index >= 15 is 0 Å². The molecule has 0 unspecified atom stereocenters. The molecule has 0 saturated heterocycles. The fourth-order valence-corrected chi connectivity index (χ4v) is 7.28. The third-order valence-electron chi connectivity index (χ3n) is 6.43. The lowest BCUT2D eigenvalue weighted by molar-refractivity contribution is 0.0514. The summed E-state index contributed by atoms with van der Waals surface area (Å²) < 4.78 is 21.5. The second-order valence-electron chi connectivity index (χ2n) is 8.86. The van der Waals surface area contributed by atoms with Gasteiger partial charge in [-0.25, -0.2) is 0 Å². The fourth-order valence-electron chi connectivity index (χ4n) is 4.77. The van der Waals surface area contributed by atoms with Crippen molar-refractivity contribution in [3.63, 3.8) is 0 Å². The van der Waals surface area contributed by atoms with E-state index < -0.39 is 7.37 Å². The van der Waals surface area contributed by atoms with Crippen LogP contribution in [0.5, 0.6) is 0 Å². The van der Waals surface area contributed by atoms with Crippen LogP contribution in [0, 0.1) is 17.8 Å². The Balaban J connectivity index is 1.85. The Morgan fingerprint density at radius 3 is 2.34 bits per heavy atom. The molecule has 2 nitrogen and oxygen atoms in total. The van der Waals surface area contributed by atoms with Crippen molar-refractivity contribution >= 4 is 28.8 Å². The molecule has 1 fully saturated rings. The van der Waals surface area contributed by atoms with Crippen LogP contribution in [-0.2, 0) is 9.09 Å². The summed E-state index contributed by atoms with van der Waals surface area (Å²) in [5, 5.41) is 3.73. The van der Waals surface area contributed by atoms with Crippen molar-refractivity contribution in [1.29, 1.82) is 0 Å². The third-order valence-corrected chi connectivity index (χ3v) is 8.99. The summed E-state index contributed by atoms with van der Waals surface area (Å²) >= 11 is 0. The maximum absolute atomic E-state index is 14.8. The molecule has 4 atom stereocenters. The lowest BCUT2D eigenvalue weighted by atomic mass is 9.75. The quantitative estimate of drug-likeness (QED) is 0.449. The predicted octanol–water partition coefficient (Wildman–Crippen LogP) is 6.55. The lowest BCUT2D eigenvalue weighted by Crippen LogP contribution is -2.36. The number of rotatable bonds is 5. The van der Waals surface area contributed by atoms with Crippen molar-refractivity contribution < 1.29 is 9.09 Å². The van der Waals surface area contributed by atoms with Crippen molar-refractivity contribution in [3.05, 3.63) is 72.8 Å². The molecule has 4 rings (SSSR count). The van der Waals surface area contributed by atoms with E-state index in [1.54, 1.807) is 0 Å². The Morgan fingerprint density at radius 1 is 0.897 bits per heavy atom. The molecule has 1 aliphatic rings. The average Bonchev–Trinajstić information content (AvgIpc) is 2.73. The molecule has 0 radical (unpaired) electrons. The zero-order valence-corrected chi connectivity index (χ0v) is 18.5. The van der Waals surface area contributed by atoms with E-state index in [-0.39, 0.29) is 6.10 Å². The molecule has 0 aliphatic heterocycles. The number of benzene rings is 3. The largest absolute Gasteiger partial charge is 0.318 e. The van der Waals surface area contributed by atoms with Gasteiger partial charge in [-0.2, -0.15) is 0 Å². The number of fused-ring (bicyclic) bond motifs is 1. The fraction of sp³-hybridized carbons (Fsp3) is 0.385. The van der Waals surface area contributed by atoms with Crippen LogP contribution in [-0.4, -0.2) is 6.10 Å². The number of hydrogen-bond acceptors (Lipinski definition) is 2. The van der Waals surface area contributed by atoms with Crippen LogP contribution in [0.1, 0.15) is 40.0 Å². The Kier molecular flexibility index (Phi) is 5.95. The molecule has 0 bridgehead atoms. The van der Waals surface area contributed by atoms with Gasteiger partial charge in [0.15, 0.2) is 0 Å². The summed E-state index contributed by atoms with van der Waals surface area (Å²) in [5.74, 6) is 1.56. The van der Waals surface area contributed by atoms with E-state index in [0.29, 0.717) is 17.8 Å². The van der Waals surface area contributed by atoms with Crippen molar-refractivity contribution in [2.45, 2.75) is 46.1 Å². The minimum atomic E-state index is -3.24. The first kappa shape index (κ1) is 20.4. The molecular formula is C26H31O2P. The molecule has 0 heterocycles. The van der Waals surface area contributed by atoms with Crippen LogP contribution >= 0.6 is 7.37 Å². The second kappa shape index (κ2) is 8.46. The van der Waals surface area contributed by atoms with Gasteiger partial charge < -0.3 is 4.52 Å². The first-order chi connectivity index (χ1) is 14.0. The monoisotopic (exact) mass is 406 g/mol. The molecule has 152 valence electrons. The number of hydrogen-bond donors (Lipinski definition) is 0. The first-order valence-electron chi connectivity index (χ1n) is 10.8. The van der Waals surface area contributed by atoms with Crippen molar-refractivity contribution in [2.24, 2.45) is 17.8 Å². The van der Waals surface area contributed by atoms with Crippen molar-refractivity contribution in [1.82, 2.24) is 0 Å². The van der Waals surface area contributed by atoms with Gasteiger partial charge in [-0.1, -0.05) is 81.8 Å². The standard InChI is InChI=1S/C26H31O2P/c1-19(2)23-17-16-20(3)18-25(23)28-29(27,22-12-5-4-6-13-22)26-15-9-11-21-10-7-8-14-24(21)26/h4-15,19-20,23,25H,16-18H2,1-3H3/t20-,23+,25-,29-/m1/s1. The normalized spacial score (nSPS) is 24.5. The highest BCUT2D eigenvalue weighted by molar-refractivity contribution is 7.74. The molecule has 3 heteroatoms. The SMILES string of the molecule is CC(C)[C@@H]1CC[C@@H](C)C[C@H]1O[P@](=O)(c1ccccc1)c1cccc2ccccc12. The predicted molar refractivity (Wildman–Crippen MR) is 123 cm³/mol. The van der Waals surface area contributed by atoms with E-state index in [1.165, 1.54) is 6.42 Å². The van der Waals surface area contributed by atoms with Gasteiger partial charge in [0.1, 0.15) is 0 Å². The van der Waals surface area contributed by atoms with Gasteiger partial charge in [0.2, 0.25) is 0 Å². The lowest BCUT2D eigenvalue weighted by Gasteiger charge is -2.39. The average molecular weight is 407 g/mol. The van der Waals surface area contributed by atoms with E-state index in [4.69, 9.17) is 4.52 Å². The van der Waals surface area contributed by atoms with Crippen LogP contribution in [0.2, 0.25) is 0 Å². The highest BCUT2D eigenvalue weighted by Crippen LogP contribution is 2.51. The van der Waals surface area contributed by atoms with E-state index in [2.05, 4.69) is 39.0 Å². The third kappa shape index (κ3) is 4.06. The van der Waals surface area contributed by atoms with Crippen LogP contribution < -0.4 is 10.6 Å². The summed E-state index contributed by atoms with van der Waals surface area (Å²) in [4.78, 5) is 0. The summed E-state index contributed by atoms with van der Waals surface area (Å²) in [6.45, 7) is 6.82.